The normalized spacial score (nSPS) is 11.7. The quantitative estimate of drug-likeness (QED) is 0.759. The van der Waals surface area contributed by atoms with Crippen molar-refractivity contribution in [3.05, 3.63) is 24.0 Å². The zero-order chi connectivity index (χ0) is 16.0. The minimum atomic E-state index is -0.476. The van der Waals surface area contributed by atoms with E-state index in [0.29, 0.717) is 12.1 Å². The number of halogens is 1. The van der Waals surface area contributed by atoms with Crippen molar-refractivity contribution in [1.82, 2.24) is 4.90 Å². The van der Waals surface area contributed by atoms with Gasteiger partial charge in [0, 0.05) is 17.6 Å². The molecule has 0 unspecified atom stereocenters. The molecule has 0 heterocycles. The average Bonchev–Trinajstić information content (AvgIpc) is 2.42. The number of nitrogens with two attached hydrogens (primary N) is 1. The molecular weight excluding hydrogens is 269 g/mol. The Labute approximate surface area is 126 Å². The van der Waals surface area contributed by atoms with Gasteiger partial charge in [0.15, 0.2) is 0 Å². The molecule has 1 amide bonds. The third-order valence-corrected chi connectivity index (χ3v) is 4.08. The first-order chi connectivity index (χ1) is 9.76. The lowest BCUT2D eigenvalue weighted by Gasteiger charge is -2.34. The lowest BCUT2D eigenvalue weighted by Crippen LogP contribution is -2.41. The highest BCUT2D eigenvalue weighted by Gasteiger charge is 2.20. The number of amides is 1. The van der Waals surface area contributed by atoms with Crippen LogP contribution in [0.3, 0.4) is 0 Å². The van der Waals surface area contributed by atoms with E-state index >= 15 is 0 Å². The molecule has 0 bridgehead atoms. The number of nitrogens with zero attached hydrogens (tertiary/aromatic N) is 1. The molecule has 0 aliphatic rings. The molecule has 0 atom stereocenters. The van der Waals surface area contributed by atoms with E-state index in [9.17, 15) is 9.18 Å². The van der Waals surface area contributed by atoms with Crippen molar-refractivity contribution in [2.24, 2.45) is 0 Å². The molecule has 1 aromatic rings. The lowest BCUT2D eigenvalue weighted by molar-refractivity contribution is -0.116. The SMILES string of the molecule is CCC(C)(C)N(C)CCCC(=O)Nc1ccc(F)c(N)c1. The van der Waals surface area contributed by atoms with Crippen LogP contribution in [0.15, 0.2) is 18.2 Å². The summed E-state index contributed by atoms with van der Waals surface area (Å²) in [7, 11) is 2.07. The second kappa shape index (κ2) is 7.41. The van der Waals surface area contributed by atoms with Crippen LogP contribution in [-0.2, 0) is 4.79 Å². The maximum absolute atomic E-state index is 13.0. The lowest BCUT2D eigenvalue weighted by atomic mass is 10.00. The summed E-state index contributed by atoms with van der Waals surface area (Å²) in [5, 5.41) is 2.73. The summed E-state index contributed by atoms with van der Waals surface area (Å²) >= 11 is 0. The van der Waals surface area contributed by atoms with Gasteiger partial charge in [-0.3, -0.25) is 4.79 Å². The van der Waals surface area contributed by atoms with Crippen molar-refractivity contribution < 1.29 is 9.18 Å². The number of carbonyl (C=O) groups is 1. The fourth-order valence-electron chi connectivity index (χ4n) is 1.89. The third-order valence-electron chi connectivity index (χ3n) is 4.08. The van der Waals surface area contributed by atoms with Gasteiger partial charge >= 0.3 is 0 Å². The fourth-order valence-corrected chi connectivity index (χ4v) is 1.89. The maximum atomic E-state index is 13.0. The van der Waals surface area contributed by atoms with Crippen LogP contribution in [0.5, 0.6) is 0 Å². The van der Waals surface area contributed by atoms with E-state index in [0.717, 1.165) is 19.4 Å². The van der Waals surface area contributed by atoms with Gasteiger partial charge in [-0.1, -0.05) is 6.92 Å². The number of hydrogen-bond acceptors (Lipinski definition) is 3. The van der Waals surface area contributed by atoms with Crippen LogP contribution < -0.4 is 11.1 Å². The van der Waals surface area contributed by atoms with E-state index < -0.39 is 5.82 Å². The predicted octanol–water partition coefficient (Wildman–Crippen LogP) is 3.25. The van der Waals surface area contributed by atoms with Crippen molar-refractivity contribution in [2.45, 2.75) is 45.6 Å². The molecule has 118 valence electrons. The predicted molar refractivity (Wildman–Crippen MR) is 85.7 cm³/mol. The Kier molecular flexibility index (Phi) is 6.15. The minimum Gasteiger partial charge on any atom is -0.396 e. The second-order valence-corrected chi connectivity index (χ2v) is 5.98. The summed E-state index contributed by atoms with van der Waals surface area (Å²) in [4.78, 5) is 14.1. The third kappa shape index (κ3) is 5.34. The molecule has 21 heavy (non-hydrogen) atoms. The van der Waals surface area contributed by atoms with Crippen LogP contribution in [0.4, 0.5) is 15.8 Å². The molecule has 4 nitrogen and oxygen atoms in total. The Hall–Kier alpha value is -1.62. The van der Waals surface area contributed by atoms with Gasteiger partial charge in [-0.2, -0.15) is 0 Å². The smallest absolute Gasteiger partial charge is 0.224 e. The van der Waals surface area contributed by atoms with Gasteiger partial charge in [0.1, 0.15) is 5.82 Å². The largest absolute Gasteiger partial charge is 0.396 e. The monoisotopic (exact) mass is 295 g/mol. The Bertz CT molecular complexity index is 488. The first-order valence-corrected chi connectivity index (χ1v) is 7.32. The topological polar surface area (TPSA) is 58.4 Å². The van der Waals surface area contributed by atoms with Crippen LogP contribution in [0, 0.1) is 5.82 Å². The number of anilines is 2. The Balaban J connectivity index is 2.39. The molecule has 3 N–H and O–H groups in total. The molecule has 0 spiro atoms. The van der Waals surface area contributed by atoms with Gasteiger partial charge in [-0.25, -0.2) is 4.39 Å². The van der Waals surface area contributed by atoms with Gasteiger partial charge in [-0.05, 0) is 58.5 Å². The highest BCUT2D eigenvalue weighted by Crippen LogP contribution is 2.18. The molecule has 0 aromatic heterocycles. The molecule has 0 saturated carbocycles. The van der Waals surface area contributed by atoms with Gasteiger partial charge in [0.25, 0.3) is 0 Å². The van der Waals surface area contributed by atoms with Crippen molar-refractivity contribution in [3.8, 4) is 0 Å². The summed E-state index contributed by atoms with van der Waals surface area (Å²) in [6.07, 6.45) is 2.27. The number of nitrogens with one attached hydrogen (secondary N) is 1. The first-order valence-electron chi connectivity index (χ1n) is 7.32. The number of rotatable bonds is 7. The summed E-state index contributed by atoms with van der Waals surface area (Å²) in [5.74, 6) is -0.555. The summed E-state index contributed by atoms with van der Waals surface area (Å²) in [6, 6.07) is 4.19. The van der Waals surface area contributed by atoms with E-state index in [1.54, 1.807) is 0 Å². The molecular formula is C16H26FN3O. The van der Waals surface area contributed by atoms with E-state index in [1.807, 2.05) is 0 Å². The van der Waals surface area contributed by atoms with Gasteiger partial charge in [0.2, 0.25) is 5.91 Å². The van der Waals surface area contributed by atoms with Crippen LogP contribution in [-0.4, -0.2) is 29.9 Å². The minimum absolute atomic E-state index is 0.0391. The zero-order valence-corrected chi connectivity index (χ0v) is 13.4. The van der Waals surface area contributed by atoms with Crippen molar-refractivity contribution in [1.29, 1.82) is 0 Å². The van der Waals surface area contributed by atoms with Crippen LogP contribution in [0.25, 0.3) is 0 Å². The highest BCUT2D eigenvalue weighted by molar-refractivity contribution is 5.91. The molecule has 0 radical (unpaired) electrons. The highest BCUT2D eigenvalue weighted by atomic mass is 19.1. The van der Waals surface area contributed by atoms with Gasteiger partial charge < -0.3 is 16.0 Å². The Morgan fingerprint density at radius 2 is 2.10 bits per heavy atom. The summed E-state index contributed by atoms with van der Waals surface area (Å²) in [6.45, 7) is 7.39. The van der Waals surface area contributed by atoms with Crippen molar-refractivity contribution in [3.63, 3.8) is 0 Å². The van der Waals surface area contributed by atoms with Gasteiger partial charge in [0.05, 0.1) is 5.69 Å². The van der Waals surface area contributed by atoms with E-state index in [2.05, 4.69) is 38.0 Å². The van der Waals surface area contributed by atoms with Crippen LogP contribution >= 0.6 is 0 Å². The molecule has 0 aliphatic carbocycles. The number of nitrogen functional groups attached to an aromatic ring is 1. The van der Waals surface area contributed by atoms with Crippen LogP contribution in [0.1, 0.15) is 40.0 Å². The molecule has 0 fully saturated rings. The fraction of sp³-hybridized carbons (Fsp3) is 0.562. The molecule has 1 rings (SSSR count). The number of benzene rings is 1. The zero-order valence-electron chi connectivity index (χ0n) is 13.4. The molecule has 5 heteroatoms. The Morgan fingerprint density at radius 3 is 2.67 bits per heavy atom. The molecule has 1 aromatic carbocycles. The van der Waals surface area contributed by atoms with Gasteiger partial charge in [-0.15, -0.1) is 0 Å². The summed E-state index contributed by atoms with van der Waals surface area (Å²) in [5.41, 5.74) is 6.18. The standard InChI is InChI=1S/C16H26FN3O/c1-5-16(2,3)20(4)10-6-7-15(21)19-12-8-9-13(17)14(18)11-12/h8-9,11H,5-7,10,18H2,1-4H3,(H,19,21). The summed E-state index contributed by atoms with van der Waals surface area (Å²) < 4.78 is 13.0. The van der Waals surface area contributed by atoms with E-state index in [4.69, 9.17) is 5.73 Å². The number of carbonyl (C=O) groups excluding carboxylic acids is 1. The van der Waals surface area contributed by atoms with Crippen molar-refractivity contribution >= 4 is 17.3 Å². The van der Waals surface area contributed by atoms with Crippen molar-refractivity contribution in [2.75, 3.05) is 24.6 Å². The average molecular weight is 295 g/mol. The Morgan fingerprint density at radius 1 is 1.43 bits per heavy atom. The first kappa shape index (κ1) is 17.4. The van der Waals surface area contributed by atoms with E-state index in [-0.39, 0.29) is 17.1 Å². The number of hydrogen-bond donors (Lipinski definition) is 2. The second-order valence-electron chi connectivity index (χ2n) is 5.98. The van der Waals surface area contributed by atoms with Crippen LogP contribution in [0.2, 0.25) is 0 Å². The maximum Gasteiger partial charge on any atom is 0.224 e. The molecule has 0 aliphatic heterocycles. The molecule has 0 saturated heterocycles. The van der Waals surface area contributed by atoms with E-state index in [1.165, 1.54) is 18.2 Å².